The fourth-order valence-corrected chi connectivity index (χ4v) is 6.47. The van der Waals surface area contributed by atoms with Crippen molar-refractivity contribution in [3.05, 3.63) is 41.3 Å². The van der Waals surface area contributed by atoms with Gasteiger partial charge in [-0.15, -0.1) is 0 Å². The molecule has 0 saturated carbocycles. The van der Waals surface area contributed by atoms with Gasteiger partial charge < -0.3 is 14.7 Å². The van der Waals surface area contributed by atoms with Crippen molar-refractivity contribution in [3.8, 4) is 0 Å². The Balaban J connectivity index is 1.73. The summed E-state index contributed by atoms with van der Waals surface area (Å²) in [5, 5.41) is 12.8. The molecule has 2 saturated heterocycles. The summed E-state index contributed by atoms with van der Waals surface area (Å²) in [5.41, 5.74) is -1.02. The molecule has 1 N–H and O–H groups in total. The lowest BCUT2D eigenvalue weighted by Gasteiger charge is -2.29. The number of ether oxygens (including phenoxy) is 1. The summed E-state index contributed by atoms with van der Waals surface area (Å²) in [6.45, 7) is 2.36. The van der Waals surface area contributed by atoms with Crippen molar-refractivity contribution in [3.63, 3.8) is 0 Å². The first kappa shape index (κ1) is 24.5. The highest BCUT2D eigenvalue weighted by molar-refractivity contribution is 7.92. The second kappa shape index (κ2) is 8.84. The van der Waals surface area contributed by atoms with Crippen LogP contribution in [0.5, 0.6) is 0 Å². The molecular formula is C21H23F4N3O5S. The monoisotopic (exact) mass is 505 g/mol. The number of aryl methyl sites for hydroxylation is 1. The molecule has 3 heterocycles. The molecule has 0 bridgehead atoms. The number of hydrogen-bond donors (Lipinski definition) is 1. The molecule has 4 rings (SSSR count). The lowest BCUT2D eigenvalue weighted by atomic mass is 10.1. The molecule has 186 valence electrons. The maximum atomic E-state index is 13.5. The van der Waals surface area contributed by atoms with Crippen LogP contribution >= 0.6 is 0 Å². The summed E-state index contributed by atoms with van der Waals surface area (Å²) >= 11 is 0. The summed E-state index contributed by atoms with van der Waals surface area (Å²) in [4.78, 5) is 12.4. The number of carboxylic acid groups (broad SMARTS) is 1. The van der Waals surface area contributed by atoms with Crippen LogP contribution in [-0.4, -0.2) is 60.3 Å². The maximum absolute atomic E-state index is 13.5. The first-order chi connectivity index (χ1) is 15.9. The molecule has 2 atom stereocenters. The molecule has 1 aromatic carbocycles. The van der Waals surface area contributed by atoms with Crippen LogP contribution in [-0.2, 0) is 25.5 Å². The molecule has 1 aromatic heterocycles. The highest BCUT2D eigenvalue weighted by Gasteiger charge is 2.47. The Morgan fingerprint density at radius 1 is 1.21 bits per heavy atom. The fourth-order valence-electron chi connectivity index (χ4n) is 4.58. The van der Waals surface area contributed by atoms with E-state index in [0.717, 1.165) is 0 Å². The Morgan fingerprint density at radius 2 is 1.88 bits per heavy atom. The van der Waals surface area contributed by atoms with Gasteiger partial charge in [0.15, 0.2) is 9.84 Å². The number of alkyl halides is 3. The van der Waals surface area contributed by atoms with Gasteiger partial charge in [-0.2, -0.15) is 18.3 Å². The number of sulfone groups is 1. The van der Waals surface area contributed by atoms with Crippen molar-refractivity contribution in [2.45, 2.75) is 54.6 Å². The fraction of sp³-hybridized carbons (Fsp3) is 0.524. The zero-order valence-electron chi connectivity index (χ0n) is 18.1. The predicted octanol–water partition coefficient (Wildman–Crippen LogP) is 3.21. The molecule has 2 aliphatic heterocycles. The van der Waals surface area contributed by atoms with E-state index >= 15 is 0 Å². The molecule has 0 aliphatic carbocycles. The summed E-state index contributed by atoms with van der Waals surface area (Å²) in [6.07, 6.45) is -4.27. The van der Waals surface area contributed by atoms with Gasteiger partial charge in [0.2, 0.25) is 0 Å². The summed E-state index contributed by atoms with van der Waals surface area (Å²) in [7, 11) is -4.65. The number of carboxylic acids is 1. The van der Waals surface area contributed by atoms with E-state index in [4.69, 9.17) is 4.74 Å². The van der Waals surface area contributed by atoms with E-state index in [0.29, 0.717) is 49.7 Å². The number of carbonyl (C=O) groups is 1. The van der Waals surface area contributed by atoms with E-state index in [9.17, 15) is 35.9 Å². The molecule has 0 amide bonds. The minimum absolute atomic E-state index is 0.0866. The normalized spacial score (nSPS) is 22.3. The van der Waals surface area contributed by atoms with E-state index in [1.54, 1.807) is 17.7 Å². The van der Waals surface area contributed by atoms with Crippen LogP contribution in [0.3, 0.4) is 0 Å². The highest BCUT2D eigenvalue weighted by atomic mass is 32.2. The van der Waals surface area contributed by atoms with Crippen molar-refractivity contribution < 1.29 is 40.6 Å². The largest absolute Gasteiger partial charge is 0.480 e. The molecule has 0 spiro atoms. The number of aromatic nitrogens is 2. The Morgan fingerprint density at radius 3 is 2.50 bits per heavy atom. The Kier molecular flexibility index (Phi) is 6.36. The molecule has 2 aromatic rings. The minimum atomic E-state index is -5.10. The molecule has 0 radical (unpaired) electrons. The molecule has 13 heteroatoms. The highest BCUT2D eigenvalue weighted by Crippen LogP contribution is 2.39. The lowest BCUT2D eigenvalue weighted by molar-refractivity contribution is -0.140. The van der Waals surface area contributed by atoms with Crippen molar-refractivity contribution in [2.75, 3.05) is 24.7 Å². The molecule has 0 unspecified atom stereocenters. The smallest absolute Gasteiger partial charge is 0.417 e. The second-order valence-corrected chi connectivity index (χ2v) is 10.7. The molecule has 2 aliphatic rings. The van der Waals surface area contributed by atoms with Gasteiger partial charge >= 0.3 is 12.1 Å². The summed E-state index contributed by atoms with van der Waals surface area (Å²) in [6, 6.07) is 1.63. The zero-order chi connectivity index (χ0) is 24.8. The third-order valence-corrected chi connectivity index (χ3v) is 8.40. The van der Waals surface area contributed by atoms with Crippen LogP contribution in [0.25, 0.3) is 0 Å². The van der Waals surface area contributed by atoms with Crippen molar-refractivity contribution in [1.82, 2.24) is 9.78 Å². The first-order valence-electron chi connectivity index (χ1n) is 10.6. The molecular weight excluding hydrogens is 482 g/mol. The van der Waals surface area contributed by atoms with Crippen molar-refractivity contribution in [2.24, 2.45) is 0 Å². The van der Waals surface area contributed by atoms with Crippen LogP contribution < -0.4 is 4.90 Å². The zero-order valence-corrected chi connectivity index (χ0v) is 18.9. The molecule has 2 fully saturated rings. The van der Waals surface area contributed by atoms with E-state index < -0.39 is 56.0 Å². The van der Waals surface area contributed by atoms with Gasteiger partial charge in [-0.1, -0.05) is 0 Å². The summed E-state index contributed by atoms with van der Waals surface area (Å²) in [5.74, 6) is -2.13. The summed E-state index contributed by atoms with van der Waals surface area (Å²) < 4.78 is 87.6. The van der Waals surface area contributed by atoms with Gasteiger partial charge in [0.05, 0.1) is 27.4 Å². The Bertz CT molecular complexity index is 1190. The SMILES string of the molecule is Cc1cc(N2C[C@H](S(=O)(=O)c3ccc(F)cc3C(F)(F)F)C[C@H]2C(=O)O)n(C2CCOCC2)n1. The maximum Gasteiger partial charge on any atom is 0.417 e. The van der Waals surface area contributed by atoms with Crippen LogP contribution in [0.2, 0.25) is 0 Å². The predicted molar refractivity (Wildman–Crippen MR) is 112 cm³/mol. The number of nitrogens with zero attached hydrogens (tertiary/aromatic N) is 3. The van der Waals surface area contributed by atoms with E-state index in [2.05, 4.69) is 5.10 Å². The minimum Gasteiger partial charge on any atom is -0.480 e. The third kappa shape index (κ3) is 4.50. The standard InChI is InChI=1S/C21H23F4N3O5S/c1-12-8-19(28(26-12)14-4-6-33-7-5-14)27-11-15(10-17(27)20(29)30)34(31,32)18-3-2-13(22)9-16(18)21(23,24)25/h2-3,8-9,14-15,17H,4-7,10-11H2,1H3,(H,29,30)/t15-,17+/m1/s1. The van der Waals surface area contributed by atoms with Crippen molar-refractivity contribution >= 4 is 21.6 Å². The Hall–Kier alpha value is -2.67. The van der Waals surface area contributed by atoms with E-state index in [-0.39, 0.29) is 18.7 Å². The van der Waals surface area contributed by atoms with Gasteiger partial charge in [0.1, 0.15) is 17.7 Å². The van der Waals surface area contributed by atoms with Crippen LogP contribution in [0.4, 0.5) is 23.4 Å². The van der Waals surface area contributed by atoms with Gasteiger partial charge in [0, 0.05) is 25.8 Å². The average molecular weight is 505 g/mol. The van der Waals surface area contributed by atoms with Crippen LogP contribution in [0.15, 0.2) is 29.2 Å². The first-order valence-corrected chi connectivity index (χ1v) is 12.2. The van der Waals surface area contributed by atoms with Crippen molar-refractivity contribution in [1.29, 1.82) is 0 Å². The number of anilines is 1. The van der Waals surface area contributed by atoms with E-state index in [1.807, 2.05) is 0 Å². The number of hydrogen-bond acceptors (Lipinski definition) is 6. The number of halogens is 4. The Labute approximate surface area is 193 Å². The topological polar surface area (TPSA) is 102 Å². The molecule has 34 heavy (non-hydrogen) atoms. The van der Waals surface area contributed by atoms with Crippen LogP contribution in [0, 0.1) is 12.7 Å². The van der Waals surface area contributed by atoms with Gasteiger partial charge in [-0.3, -0.25) is 0 Å². The number of rotatable bonds is 5. The average Bonchev–Trinajstić information content (AvgIpc) is 3.38. The third-order valence-electron chi connectivity index (χ3n) is 6.21. The van der Waals surface area contributed by atoms with Gasteiger partial charge in [-0.05, 0) is 44.4 Å². The van der Waals surface area contributed by atoms with Crippen LogP contribution in [0.1, 0.15) is 36.6 Å². The number of aliphatic carboxylic acids is 1. The van der Waals surface area contributed by atoms with E-state index in [1.165, 1.54) is 4.90 Å². The van der Waals surface area contributed by atoms with Gasteiger partial charge in [-0.25, -0.2) is 22.3 Å². The molecule has 8 nitrogen and oxygen atoms in total. The quantitative estimate of drug-likeness (QED) is 0.492. The number of benzene rings is 1. The lowest BCUT2D eigenvalue weighted by Crippen LogP contribution is -2.38. The van der Waals surface area contributed by atoms with Gasteiger partial charge in [0.25, 0.3) is 0 Å². The second-order valence-electron chi connectivity index (χ2n) is 8.48.